The number of benzene rings is 2. The molecule has 1 aliphatic rings. The second-order valence-electron chi connectivity index (χ2n) is 8.09. The molecule has 0 amide bonds. The van der Waals surface area contributed by atoms with Crippen LogP contribution in [0.5, 0.6) is 0 Å². The van der Waals surface area contributed by atoms with Gasteiger partial charge in [-0.15, -0.1) is 0 Å². The summed E-state index contributed by atoms with van der Waals surface area (Å²) in [7, 11) is 0. The number of anilines is 3. The van der Waals surface area contributed by atoms with E-state index in [9.17, 15) is 5.11 Å². The maximum atomic E-state index is 9.98. The predicted octanol–water partition coefficient (Wildman–Crippen LogP) is 4.44. The molecular formula is C24H25ClN6O. The molecule has 164 valence electrons. The number of aromatic amines is 1. The van der Waals surface area contributed by atoms with Crippen LogP contribution >= 0.6 is 11.6 Å². The average molecular weight is 449 g/mol. The molecule has 0 radical (unpaired) electrons. The molecule has 1 saturated heterocycles. The highest BCUT2D eigenvalue weighted by atomic mass is 35.5. The second kappa shape index (κ2) is 8.78. The van der Waals surface area contributed by atoms with Gasteiger partial charge in [-0.3, -0.25) is 0 Å². The number of nitrogens with one attached hydrogen (secondary N) is 2. The van der Waals surface area contributed by atoms with Gasteiger partial charge in [-0.05, 0) is 37.1 Å². The molecule has 2 aromatic heterocycles. The summed E-state index contributed by atoms with van der Waals surface area (Å²) in [6.07, 6.45) is 5.45. The highest BCUT2D eigenvalue weighted by Crippen LogP contribution is 2.33. The van der Waals surface area contributed by atoms with Crippen molar-refractivity contribution in [2.75, 3.05) is 23.3 Å². The fourth-order valence-corrected chi connectivity index (χ4v) is 4.38. The number of hydrogen-bond donors (Lipinski definition) is 4. The monoisotopic (exact) mass is 448 g/mol. The molecule has 0 spiro atoms. The van der Waals surface area contributed by atoms with Gasteiger partial charge in [0.25, 0.3) is 0 Å². The summed E-state index contributed by atoms with van der Waals surface area (Å²) < 4.78 is 0. The molecule has 0 unspecified atom stereocenters. The molecule has 1 aliphatic heterocycles. The molecule has 0 atom stereocenters. The van der Waals surface area contributed by atoms with Gasteiger partial charge in [-0.1, -0.05) is 29.8 Å². The Labute approximate surface area is 191 Å². The molecule has 2 aromatic carbocycles. The number of halogens is 1. The highest BCUT2D eigenvalue weighted by molar-refractivity contribution is 6.33. The van der Waals surface area contributed by atoms with Gasteiger partial charge in [0, 0.05) is 58.7 Å². The van der Waals surface area contributed by atoms with E-state index in [0.29, 0.717) is 16.7 Å². The minimum absolute atomic E-state index is 0.0909. The fraction of sp³-hybridized carbons (Fsp3) is 0.250. The first-order valence-electron chi connectivity index (χ1n) is 10.7. The van der Waals surface area contributed by atoms with E-state index in [4.69, 9.17) is 17.3 Å². The van der Waals surface area contributed by atoms with E-state index in [0.717, 1.165) is 59.3 Å². The summed E-state index contributed by atoms with van der Waals surface area (Å²) in [5.41, 5.74) is 11.2. The first-order valence-corrected chi connectivity index (χ1v) is 11.1. The SMILES string of the molecule is NC1CCN(c2ccc(Nc3ncc(Cl)c(-c4c[nH]c5ccccc45)n3)c(CO)c2)CC1. The van der Waals surface area contributed by atoms with Crippen molar-refractivity contribution in [2.45, 2.75) is 25.5 Å². The van der Waals surface area contributed by atoms with Crippen molar-refractivity contribution in [3.63, 3.8) is 0 Å². The number of piperidine rings is 1. The van der Waals surface area contributed by atoms with Gasteiger partial charge >= 0.3 is 0 Å². The zero-order chi connectivity index (χ0) is 22.1. The van der Waals surface area contributed by atoms with E-state index >= 15 is 0 Å². The van der Waals surface area contributed by atoms with Crippen molar-refractivity contribution in [1.82, 2.24) is 15.0 Å². The zero-order valence-electron chi connectivity index (χ0n) is 17.6. The summed E-state index contributed by atoms with van der Waals surface area (Å²) in [4.78, 5) is 14.6. The number of aliphatic hydroxyl groups excluding tert-OH is 1. The number of H-pyrrole nitrogens is 1. The predicted molar refractivity (Wildman–Crippen MR) is 129 cm³/mol. The number of aromatic nitrogens is 3. The number of hydrogen-bond acceptors (Lipinski definition) is 6. The summed E-state index contributed by atoms with van der Waals surface area (Å²) in [5.74, 6) is 0.418. The summed E-state index contributed by atoms with van der Waals surface area (Å²) in [6, 6.07) is 14.3. The van der Waals surface area contributed by atoms with Crippen LogP contribution in [-0.2, 0) is 6.61 Å². The average Bonchev–Trinajstić information content (AvgIpc) is 3.25. The van der Waals surface area contributed by atoms with Gasteiger partial charge in [0.2, 0.25) is 5.95 Å². The Hall–Kier alpha value is -3.13. The second-order valence-corrected chi connectivity index (χ2v) is 8.49. The van der Waals surface area contributed by atoms with Gasteiger partial charge in [-0.2, -0.15) is 0 Å². The smallest absolute Gasteiger partial charge is 0.227 e. The Morgan fingerprint density at radius 2 is 2.00 bits per heavy atom. The van der Waals surface area contributed by atoms with Crippen molar-refractivity contribution < 1.29 is 5.11 Å². The Bertz CT molecular complexity index is 1250. The van der Waals surface area contributed by atoms with E-state index in [1.165, 1.54) is 0 Å². The molecule has 3 heterocycles. The lowest BCUT2D eigenvalue weighted by Gasteiger charge is -2.32. The Kier molecular flexibility index (Phi) is 5.70. The highest BCUT2D eigenvalue weighted by Gasteiger charge is 2.18. The number of nitrogens with two attached hydrogens (primary N) is 1. The third kappa shape index (κ3) is 4.02. The van der Waals surface area contributed by atoms with Crippen LogP contribution in [0.1, 0.15) is 18.4 Å². The van der Waals surface area contributed by atoms with Gasteiger partial charge in [0.05, 0.1) is 23.5 Å². The van der Waals surface area contributed by atoms with Gasteiger partial charge in [-0.25, -0.2) is 9.97 Å². The molecule has 8 heteroatoms. The van der Waals surface area contributed by atoms with Crippen molar-refractivity contribution in [1.29, 1.82) is 0 Å². The van der Waals surface area contributed by atoms with Crippen LogP contribution < -0.4 is 16.0 Å². The quantitative estimate of drug-likeness (QED) is 0.360. The zero-order valence-corrected chi connectivity index (χ0v) is 18.3. The summed E-state index contributed by atoms with van der Waals surface area (Å²) in [5, 5.41) is 14.7. The number of fused-ring (bicyclic) bond motifs is 1. The minimum Gasteiger partial charge on any atom is -0.392 e. The number of rotatable bonds is 5. The Morgan fingerprint density at radius 1 is 1.19 bits per heavy atom. The molecule has 5 rings (SSSR count). The molecule has 7 nitrogen and oxygen atoms in total. The van der Waals surface area contributed by atoms with Crippen molar-refractivity contribution in [2.24, 2.45) is 5.73 Å². The largest absolute Gasteiger partial charge is 0.392 e. The third-order valence-corrected chi connectivity index (χ3v) is 6.28. The molecule has 1 fully saturated rings. The lowest BCUT2D eigenvalue weighted by Crippen LogP contribution is -2.39. The van der Waals surface area contributed by atoms with E-state index in [1.807, 2.05) is 42.6 Å². The number of para-hydroxylation sites is 1. The van der Waals surface area contributed by atoms with Crippen molar-refractivity contribution in [3.8, 4) is 11.3 Å². The minimum atomic E-state index is -0.0909. The lowest BCUT2D eigenvalue weighted by molar-refractivity contribution is 0.282. The maximum Gasteiger partial charge on any atom is 0.227 e. The van der Waals surface area contributed by atoms with E-state index < -0.39 is 0 Å². The fourth-order valence-electron chi connectivity index (χ4n) is 4.19. The molecule has 0 saturated carbocycles. The number of nitrogens with zero attached hydrogens (tertiary/aromatic N) is 3. The first kappa shape index (κ1) is 20.8. The summed E-state index contributed by atoms with van der Waals surface area (Å²) >= 11 is 6.45. The summed E-state index contributed by atoms with van der Waals surface area (Å²) in [6.45, 7) is 1.76. The van der Waals surface area contributed by atoms with Crippen molar-refractivity contribution >= 4 is 39.8 Å². The molecule has 32 heavy (non-hydrogen) atoms. The van der Waals surface area contributed by atoms with Gasteiger partial charge < -0.3 is 26.0 Å². The first-order chi connectivity index (χ1) is 15.6. The van der Waals surface area contributed by atoms with Crippen molar-refractivity contribution in [3.05, 3.63) is 65.4 Å². The molecule has 0 bridgehead atoms. The normalized spacial score (nSPS) is 14.8. The maximum absolute atomic E-state index is 9.98. The molecule has 0 aliphatic carbocycles. The van der Waals surface area contributed by atoms with Crippen LogP contribution in [0.15, 0.2) is 54.9 Å². The van der Waals surface area contributed by atoms with Crippen LogP contribution in [0, 0.1) is 0 Å². The van der Waals surface area contributed by atoms with Gasteiger partial charge in [0.1, 0.15) is 0 Å². The van der Waals surface area contributed by atoms with E-state index in [-0.39, 0.29) is 12.6 Å². The van der Waals surface area contributed by atoms with Crippen LogP contribution in [-0.4, -0.2) is 39.2 Å². The molecular weight excluding hydrogens is 424 g/mol. The Morgan fingerprint density at radius 3 is 2.81 bits per heavy atom. The Balaban J connectivity index is 1.43. The number of aliphatic hydroxyl groups is 1. The van der Waals surface area contributed by atoms with Crippen LogP contribution in [0.25, 0.3) is 22.2 Å². The standard InChI is InChI=1S/C24H25ClN6O/c25-20-13-28-24(30-23(20)19-12-27-22-4-2-1-3-18(19)22)29-21-6-5-17(11-15(21)14-32)31-9-7-16(26)8-10-31/h1-6,11-13,16,27,32H,7-10,14,26H2,(H,28,29,30). The molecule has 5 N–H and O–H groups in total. The topological polar surface area (TPSA) is 103 Å². The van der Waals surface area contributed by atoms with Crippen LogP contribution in [0.2, 0.25) is 5.02 Å². The van der Waals surface area contributed by atoms with Crippen LogP contribution in [0.4, 0.5) is 17.3 Å². The van der Waals surface area contributed by atoms with Gasteiger partial charge in [0.15, 0.2) is 0 Å². The van der Waals surface area contributed by atoms with E-state index in [2.05, 4.69) is 31.2 Å². The lowest BCUT2D eigenvalue weighted by atomic mass is 10.0. The third-order valence-electron chi connectivity index (χ3n) is 6.00. The van der Waals surface area contributed by atoms with E-state index in [1.54, 1.807) is 6.20 Å². The molecule has 4 aromatic rings. The van der Waals surface area contributed by atoms with Crippen LogP contribution in [0.3, 0.4) is 0 Å².